The van der Waals surface area contributed by atoms with E-state index in [1.54, 1.807) is 73.7 Å². The summed E-state index contributed by atoms with van der Waals surface area (Å²) < 4.78 is 35.1. The minimum atomic E-state index is -4.21. The van der Waals surface area contributed by atoms with Gasteiger partial charge in [0.25, 0.3) is 10.0 Å². The van der Waals surface area contributed by atoms with Crippen molar-refractivity contribution in [3.8, 4) is 11.5 Å². The summed E-state index contributed by atoms with van der Waals surface area (Å²) in [5.74, 6) is 0.172. The molecule has 0 aliphatic heterocycles. The van der Waals surface area contributed by atoms with Crippen molar-refractivity contribution < 1.29 is 22.7 Å². The Morgan fingerprint density at radius 2 is 1.51 bits per heavy atom. The highest BCUT2D eigenvalue weighted by atomic mass is 35.5. The molecule has 0 aliphatic rings. The molecule has 8 nitrogen and oxygen atoms in total. The molecule has 4 aromatic rings. The third-order valence-electron chi connectivity index (χ3n) is 7.04. The highest BCUT2D eigenvalue weighted by Gasteiger charge is 2.32. The fraction of sp³-hybridized carbons (Fsp3) is 0.235. The number of aryl methyl sites for hydroxylation is 1. The largest absolute Gasteiger partial charge is 0.457 e. The van der Waals surface area contributed by atoms with E-state index in [2.05, 4.69) is 5.32 Å². The Bertz CT molecular complexity index is 1720. The van der Waals surface area contributed by atoms with Gasteiger partial charge in [0.1, 0.15) is 24.1 Å². The second-order valence-electron chi connectivity index (χ2n) is 10.5. The van der Waals surface area contributed by atoms with Crippen LogP contribution in [-0.4, -0.2) is 44.3 Å². The lowest BCUT2D eigenvalue weighted by atomic mass is 10.1. The molecule has 236 valence electrons. The first-order valence-electron chi connectivity index (χ1n) is 14.4. The number of hydrogen-bond donors (Lipinski definition) is 1. The second-order valence-corrected chi connectivity index (χ2v) is 13.1. The van der Waals surface area contributed by atoms with Gasteiger partial charge in [-0.05, 0) is 86.5 Å². The number of carbonyl (C=O) groups excluding carboxylic acids is 2. The van der Waals surface area contributed by atoms with E-state index >= 15 is 0 Å². The standard InChI is InChI=1S/C34H35Cl2N3O5S/c1-4-20-37-34(41)25(3)38(22-26-12-19-31(35)32(36)21-26)33(40)23-39(45(42,43)30-17-10-24(2)11-18-30)27-13-15-29(16-14-27)44-28-8-6-5-7-9-28/h5-19,21,25H,4,20,22-23H2,1-3H3,(H,37,41)/t25-/m1/s1. The minimum absolute atomic E-state index is 0.00128. The van der Waals surface area contributed by atoms with Gasteiger partial charge in [-0.3, -0.25) is 13.9 Å². The zero-order valence-electron chi connectivity index (χ0n) is 25.2. The van der Waals surface area contributed by atoms with Crippen LogP contribution < -0.4 is 14.4 Å². The van der Waals surface area contributed by atoms with E-state index in [0.29, 0.717) is 40.1 Å². The number of sulfonamides is 1. The van der Waals surface area contributed by atoms with Crippen LogP contribution in [0.15, 0.2) is 102 Å². The number of nitrogens with zero attached hydrogens (tertiary/aromatic N) is 2. The molecule has 1 atom stereocenters. The molecule has 4 aromatic carbocycles. The van der Waals surface area contributed by atoms with Gasteiger partial charge in [0, 0.05) is 13.1 Å². The molecule has 0 aliphatic carbocycles. The summed E-state index contributed by atoms with van der Waals surface area (Å²) in [7, 11) is -4.21. The predicted octanol–water partition coefficient (Wildman–Crippen LogP) is 7.23. The molecule has 0 spiro atoms. The number of benzene rings is 4. The minimum Gasteiger partial charge on any atom is -0.457 e. The highest BCUT2D eigenvalue weighted by Crippen LogP contribution is 2.29. The maximum Gasteiger partial charge on any atom is 0.264 e. The third-order valence-corrected chi connectivity index (χ3v) is 9.57. The van der Waals surface area contributed by atoms with Crippen molar-refractivity contribution in [1.29, 1.82) is 0 Å². The van der Waals surface area contributed by atoms with Crippen LogP contribution in [0.5, 0.6) is 11.5 Å². The van der Waals surface area contributed by atoms with Crippen LogP contribution in [0.25, 0.3) is 0 Å². The molecule has 11 heteroatoms. The lowest BCUT2D eigenvalue weighted by Crippen LogP contribution is -2.51. The number of halogens is 2. The molecule has 4 rings (SSSR count). The Hall–Kier alpha value is -4.05. The molecule has 0 heterocycles. The van der Waals surface area contributed by atoms with Crippen LogP contribution in [0, 0.1) is 6.92 Å². The molecule has 2 amide bonds. The third kappa shape index (κ3) is 8.78. The molecule has 0 saturated heterocycles. The lowest BCUT2D eigenvalue weighted by molar-refractivity contribution is -0.139. The number of nitrogens with one attached hydrogen (secondary N) is 1. The fourth-order valence-corrected chi connectivity index (χ4v) is 6.22. The summed E-state index contributed by atoms with van der Waals surface area (Å²) in [5.41, 5.74) is 1.77. The van der Waals surface area contributed by atoms with Gasteiger partial charge < -0.3 is 15.0 Å². The van der Waals surface area contributed by atoms with Crippen LogP contribution in [0.2, 0.25) is 10.0 Å². The molecule has 0 unspecified atom stereocenters. The molecule has 1 N–H and O–H groups in total. The monoisotopic (exact) mass is 667 g/mol. The molecular formula is C34H35Cl2N3O5S. The highest BCUT2D eigenvalue weighted by molar-refractivity contribution is 7.92. The van der Waals surface area contributed by atoms with E-state index in [9.17, 15) is 18.0 Å². The summed E-state index contributed by atoms with van der Waals surface area (Å²) in [4.78, 5) is 28.5. The van der Waals surface area contributed by atoms with Gasteiger partial charge in [-0.25, -0.2) is 8.42 Å². The first kappa shape index (κ1) is 33.8. The Balaban J connectivity index is 1.70. The van der Waals surface area contributed by atoms with E-state index in [1.807, 2.05) is 32.0 Å². The Morgan fingerprint density at radius 1 is 0.867 bits per heavy atom. The molecule has 45 heavy (non-hydrogen) atoms. The Morgan fingerprint density at radius 3 is 2.13 bits per heavy atom. The van der Waals surface area contributed by atoms with E-state index in [4.69, 9.17) is 27.9 Å². The second kappa shape index (κ2) is 15.3. The lowest BCUT2D eigenvalue weighted by Gasteiger charge is -2.32. The summed E-state index contributed by atoms with van der Waals surface area (Å²) in [6.07, 6.45) is 0.714. The number of amides is 2. The van der Waals surface area contributed by atoms with Crippen LogP contribution in [0.3, 0.4) is 0 Å². The van der Waals surface area contributed by atoms with Gasteiger partial charge >= 0.3 is 0 Å². The molecule has 0 radical (unpaired) electrons. The van der Waals surface area contributed by atoms with Crippen LogP contribution >= 0.6 is 23.2 Å². The number of carbonyl (C=O) groups is 2. The molecule has 0 fully saturated rings. The first-order valence-corrected chi connectivity index (χ1v) is 16.6. The van der Waals surface area contributed by atoms with Gasteiger partial charge in [0.2, 0.25) is 11.8 Å². The Labute approximate surface area is 274 Å². The number of ether oxygens (including phenoxy) is 1. The van der Waals surface area contributed by atoms with Gasteiger partial charge in [-0.1, -0.05) is 72.1 Å². The number of anilines is 1. The number of hydrogen-bond acceptors (Lipinski definition) is 5. The van der Waals surface area contributed by atoms with Crippen LogP contribution in [0.4, 0.5) is 5.69 Å². The van der Waals surface area contributed by atoms with Gasteiger partial charge in [0.15, 0.2) is 0 Å². The van der Waals surface area contributed by atoms with Crippen molar-refractivity contribution in [2.45, 2.75) is 44.7 Å². The topological polar surface area (TPSA) is 96.0 Å². The average molecular weight is 669 g/mol. The van der Waals surface area contributed by atoms with Crippen LogP contribution in [-0.2, 0) is 26.2 Å². The van der Waals surface area contributed by atoms with Crippen molar-refractivity contribution in [3.63, 3.8) is 0 Å². The molecule has 0 saturated carbocycles. The summed E-state index contributed by atoms with van der Waals surface area (Å²) in [6, 6.07) is 26.0. The van der Waals surface area contributed by atoms with E-state index < -0.39 is 28.5 Å². The normalized spacial score (nSPS) is 11.8. The van der Waals surface area contributed by atoms with Gasteiger partial charge in [0.05, 0.1) is 20.6 Å². The SMILES string of the molecule is CCCNC(=O)[C@@H](C)N(Cc1ccc(Cl)c(Cl)c1)C(=O)CN(c1ccc(Oc2ccccc2)cc1)S(=O)(=O)c1ccc(C)cc1. The van der Waals surface area contributed by atoms with E-state index in [1.165, 1.54) is 17.0 Å². The first-order chi connectivity index (χ1) is 21.5. The van der Waals surface area contributed by atoms with Gasteiger partial charge in [-0.15, -0.1) is 0 Å². The predicted molar refractivity (Wildman–Crippen MR) is 178 cm³/mol. The number of para-hydroxylation sites is 1. The van der Waals surface area contributed by atoms with Crippen LogP contribution in [0.1, 0.15) is 31.4 Å². The van der Waals surface area contributed by atoms with E-state index in [-0.39, 0.29) is 23.0 Å². The van der Waals surface area contributed by atoms with Gasteiger partial charge in [-0.2, -0.15) is 0 Å². The molecule has 0 aromatic heterocycles. The van der Waals surface area contributed by atoms with Crippen molar-refractivity contribution in [3.05, 3.63) is 118 Å². The molecule has 0 bridgehead atoms. The van der Waals surface area contributed by atoms with Crippen molar-refractivity contribution >= 4 is 50.7 Å². The zero-order valence-corrected chi connectivity index (χ0v) is 27.6. The summed E-state index contributed by atoms with van der Waals surface area (Å²) in [5, 5.41) is 3.47. The van der Waals surface area contributed by atoms with Crippen molar-refractivity contribution in [2.75, 3.05) is 17.4 Å². The smallest absolute Gasteiger partial charge is 0.264 e. The Kier molecular flexibility index (Phi) is 11.5. The maximum absolute atomic E-state index is 14.1. The van der Waals surface area contributed by atoms with Crippen molar-refractivity contribution in [2.24, 2.45) is 0 Å². The fourth-order valence-electron chi connectivity index (χ4n) is 4.48. The van der Waals surface area contributed by atoms with Crippen molar-refractivity contribution in [1.82, 2.24) is 10.2 Å². The average Bonchev–Trinajstić information content (AvgIpc) is 3.03. The molecular weight excluding hydrogens is 633 g/mol. The maximum atomic E-state index is 14.1. The quantitative estimate of drug-likeness (QED) is 0.162. The summed E-state index contributed by atoms with van der Waals surface area (Å²) >= 11 is 12.3. The van der Waals surface area contributed by atoms with E-state index in [0.717, 1.165) is 9.87 Å². The summed E-state index contributed by atoms with van der Waals surface area (Å²) in [6.45, 7) is 5.25. The zero-order chi connectivity index (χ0) is 32.6. The number of rotatable bonds is 13.